The van der Waals surface area contributed by atoms with E-state index in [1.54, 1.807) is 19.1 Å². The number of rotatable bonds is 4. The molecule has 1 unspecified atom stereocenters. The Kier molecular flexibility index (Phi) is 3.63. The quantitative estimate of drug-likeness (QED) is 0.803. The van der Waals surface area contributed by atoms with Gasteiger partial charge in [0.15, 0.2) is 0 Å². The van der Waals surface area contributed by atoms with E-state index in [1.165, 1.54) is 12.1 Å². The third-order valence-electron chi connectivity index (χ3n) is 2.10. The maximum absolute atomic E-state index is 13.0. The highest BCUT2D eigenvalue weighted by Gasteiger charge is 2.06. The van der Waals surface area contributed by atoms with Crippen molar-refractivity contribution in [2.75, 3.05) is 0 Å². The van der Waals surface area contributed by atoms with E-state index in [1.807, 2.05) is 0 Å². The van der Waals surface area contributed by atoms with E-state index in [0.717, 1.165) is 5.56 Å². The zero-order valence-electron chi connectivity index (χ0n) is 8.03. The number of alkyl halides is 1. The Morgan fingerprint density at radius 1 is 1.43 bits per heavy atom. The fraction of sp³-hybridized carbons (Fsp3) is 0.364. The Morgan fingerprint density at radius 2 is 2.00 bits per heavy atom. The largest absolute Gasteiger partial charge is 0.478 e. The maximum Gasteiger partial charge on any atom is 0.335 e. The molecule has 0 aliphatic carbocycles. The minimum Gasteiger partial charge on any atom is -0.478 e. The van der Waals surface area contributed by atoms with Crippen molar-refractivity contribution < 1.29 is 14.3 Å². The third kappa shape index (κ3) is 2.83. The molecule has 0 aromatic heterocycles. The molecule has 0 aliphatic rings. The van der Waals surface area contributed by atoms with Gasteiger partial charge in [0.1, 0.15) is 6.17 Å². The molecular formula is C11H13FO2. The van der Waals surface area contributed by atoms with Crippen LogP contribution in [0.2, 0.25) is 0 Å². The smallest absolute Gasteiger partial charge is 0.335 e. The van der Waals surface area contributed by atoms with Gasteiger partial charge in [0.05, 0.1) is 5.56 Å². The van der Waals surface area contributed by atoms with Crippen LogP contribution in [0.1, 0.15) is 29.3 Å². The van der Waals surface area contributed by atoms with Crippen LogP contribution in [0.5, 0.6) is 0 Å². The molecule has 14 heavy (non-hydrogen) atoms. The molecule has 1 aromatic rings. The van der Waals surface area contributed by atoms with Gasteiger partial charge >= 0.3 is 5.97 Å². The normalized spacial score (nSPS) is 12.4. The highest BCUT2D eigenvalue weighted by molar-refractivity contribution is 5.87. The topological polar surface area (TPSA) is 37.3 Å². The van der Waals surface area contributed by atoms with Gasteiger partial charge in [-0.15, -0.1) is 0 Å². The molecule has 0 bridgehead atoms. The van der Waals surface area contributed by atoms with E-state index in [4.69, 9.17) is 5.11 Å². The lowest BCUT2D eigenvalue weighted by Crippen LogP contribution is -2.03. The Bertz CT molecular complexity index is 306. The van der Waals surface area contributed by atoms with Crippen LogP contribution >= 0.6 is 0 Å². The van der Waals surface area contributed by atoms with Crippen LogP contribution in [0.15, 0.2) is 24.3 Å². The van der Waals surface area contributed by atoms with E-state index in [0.29, 0.717) is 12.8 Å². The molecule has 0 aliphatic heterocycles. The van der Waals surface area contributed by atoms with Gasteiger partial charge in [-0.25, -0.2) is 9.18 Å². The molecule has 76 valence electrons. The Morgan fingerprint density at radius 3 is 2.43 bits per heavy atom. The Hall–Kier alpha value is -1.38. The van der Waals surface area contributed by atoms with Crippen LogP contribution < -0.4 is 0 Å². The summed E-state index contributed by atoms with van der Waals surface area (Å²) >= 11 is 0. The zero-order valence-corrected chi connectivity index (χ0v) is 8.03. The fourth-order valence-corrected chi connectivity index (χ4v) is 1.18. The van der Waals surface area contributed by atoms with Gasteiger partial charge in [-0.1, -0.05) is 19.1 Å². The number of hydrogen-bond donors (Lipinski definition) is 1. The lowest BCUT2D eigenvalue weighted by atomic mass is 10.1. The van der Waals surface area contributed by atoms with E-state index in [-0.39, 0.29) is 5.56 Å². The summed E-state index contributed by atoms with van der Waals surface area (Å²) in [5.74, 6) is -0.955. The highest BCUT2D eigenvalue weighted by Crippen LogP contribution is 2.10. The molecule has 1 rings (SSSR count). The predicted octanol–water partition coefficient (Wildman–Crippen LogP) is 2.68. The number of aromatic carboxylic acids is 1. The van der Waals surface area contributed by atoms with Gasteiger partial charge in [-0.2, -0.15) is 0 Å². The van der Waals surface area contributed by atoms with Crippen molar-refractivity contribution in [1.82, 2.24) is 0 Å². The number of carboxylic acids is 1. The van der Waals surface area contributed by atoms with Crippen LogP contribution in [-0.2, 0) is 6.42 Å². The van der Waals surface area contributed by atoms with Crippen molar-refractivity contribution in [3.05, 3.63) is 35.4 Å². The summed E-state index contributed by atoms with van der Waals surface area (Å²) in [4.78, 5) is 10.5. The van der Waals surface area contributed by atoms with Crippen molar-refractivity contribution >= 4 is 5.97 Å². The van der Waals surface area contributed by atoms with Gasteiger partial charge in [0.25, 0.3) is 0 Å². The molecule has 0 saturated heterocycles. The lowest BCUT2D eigenvalue weighted by molar-refractivity contribution is 0.0697. The fourth-order valence-electron chi connectivity index (χ4n) is 1.18. The predicted molar refractivity (Wildman–Crippen MR) is 52.3 cm³/mol. The highest BCUT2D eigenvalue weighted by atomic mass is 19.1. The maximum atomic E-state index is 13.0. The van der Waals surface area contributed by atoms with Crippen molar-refractivity contribution in [3.63, 3.8) is 0 Å². The van der Waals surface area contributed by atoms with Gasteiger partial charge in [0.2, 0.25) is 0 Å². The first kappa shape index (κ1) is 10.7. The number of carboxylic acid groups (broad SMARTS) is 1. The summed E-state index contributed by atoms with van der Waals surface area (Å²) in [6.07, 6.45) is 0.00236. The summed E-state index contributed by atoms with van der Waals surface area (Å²) in [6.45, 7) is 1.79. The molecule has 0 radical (unpaired) electrons. The Balaban J connectivity index is 2.68. The van der Waals surface area contributed by atoms with E-state index in [9.17, 15) is 9.18 Å². The average Bonchev–Trinajstić information content (AvgIpc) is 2.18. The van der Waals surface area contributed by atoms with Crippen molar-refractivity contribution in [3.8, 4) is 0 Å². The first-order valence-corrected chi connectivity index (χ1v) is 4.59. The van der Waals surface area contributed by atoms with E-state index < -0.39 is 12.1 Å². The van der Waals surface area contributed by atoms with Crippen LogP contribution in [0, 0.1) is 0 Å². The van der Waals surface area contributed by atoms with Crippen molar-refractivity contribution in [2.24, 2.45) is 0 Å². The monoisotopic (exact) mass is 196 g/mol. The average molecular weight is 196 g/mol. The summed E-state index contributed by atoms with van der Waals surface area (Å²) in [5, 5.41) is 8.63. The van der Waals surface area contributed by atoms with Gasteiger partial charge in [-0.3, -0.25) is 0 Å². The molecule has 0 heterocycles. The van der Waals surface area contributed by atoms with E-state index in [2.05, 4.69) is 0 Å². The molecule has 1 N–H and O–H groups in total. The minimum atomic E-state index is -0.955. The third-order valence-corrected chi connectivity index (χ3v) is 2.10. The Labute approximate surface area is 82.4 Å². The number of benzene rings is 1. The van der Waals surface area contributed by atoms with E-state index >= 15 is 0 Å². The molecule has 0 amide bonds. The zero-order chi connectivity index (χ0) is 10.6. The number of halogens is 1. The number of carbonyl (C=O) groups is 1. The van der Waals surface area contributed by atoms with Crippen molar-refractivity contribution in [1.29, 1.82) is 0 Å². The molecule has 0 fully saturated rings. The van der Waals surface area contributed by atoms with Crippen molar-refractivity contribution in [2.45, 2.75) is 25.9 Å². The molecule has 0 saturated carbocycles. The molecule has 1 aromatic carbocycles. The van der Waals surface area contributed by atoms with Crippen LogP contribution in [0.3, 0.4) is 0 Å². The van der Waals surface area contributed by atoms with Crippen LogP contribution in [0.25, 0.3) is 0 Å². The SMILES string of the molecule is CCC(F)Cc1ccc(C(=O)O)cc1. The second-order valence-corrected chi connectivity index (χ2v) is 3.21. The number of hydrogen-bond acceptors (Lipinski definition) is 1. The first-order chi connectivity index (χ1) is 6.63. The van der Waals surface area contributed by atoms with Gasteiger partial charge < -0.3 is 5.11 Å². The van der Waals surface area contributed by atoms with Crippen LogP contribution in [-0.4, -0.2) is 17.2 Å². The summed E-state index contributed by atoms with van der Waals surface area (Å²) < 4.78 is 13.0. The minimum absolute atomic E-state index is 0.237. The lowest BCUT2D eigenvalue weighted by Gasteiger charge is -2.04. The molecule has 3 heteroatoms. The molecule has 2 nitrogen and oxygen atoms in total. The molecule has 0 spiro atoms. The summed E-state index contributed by atoms with van der Waals surface area (Å²) in [7, 11) is 0. The second-order valence-electron chi connectivity index (χ2n) is 3.21. The summed E-state index contributed by atoms with van der Waals surface area (Å²) in [5.41, 5.74) is 1.07. The van der Waals surface area contributed by atoms with Crippen LogP contribution in [0.4, 0.5) is 4.39 Å². The molecule has 1 atom stereocenters. The standard InChI is InChI=1S/C11H13FO2/c1-2-10(12)7-8-3-5-9(6-4-8)11(13)14/h3-6,10H,2,7H2,1H3,(H,13,14). The molecular weight excluding hydrogens is 183 g/mol. The summed E-state index contributed by atoms with van der Waals surface area (Å²) in [6, 6.07) is 6.32. The second kappa shape index (κ2) is 4.74. The first-order valence-electron chi connectivity index (χ1n) is 4.59. The van der Waals surface area contributed by atoms with Gasteiger partial charge in [-0.05, 0) is 24.1 Å². The van der Waals surface area contributed by atoms with Gasteiger partial charge in [0, 0.05) is 6.42 Å².